The standard InChI is InChI=1S/C15H20ClNO3/c1-3-17-6-7-20-15(10-17)13(18)9-11-8-12(16)4-5-14(11)19-2/h4-5,8,15H,3,6-7,9-10H2,1-2H3. The maximum atomic E-state index is 12.4. The molecule has 1 heterocycles. The van der Waals surface area contributed by atoms with E-state index in [4.69, 9.17) is 21.1 Å². The zero-order chi connectivity index (χ0) is 14.5. The largest absolute Gasteiger partial charge is 0.496 e. The molecule has 5 heteroatoms. The number of Topliss-reactive ketones (excluding diaryl/α,β-unsaturated/α-hetero) is 1. The van der Waals surface area contributed by atoms with Crippen molar-refractivity contribution in [3.63, 3.8) is 0 Å². The molecule has 20 heavy (non-hydrogen) atoms. The van der Waals surface area contributed by atoms with E-state index in [1.807, 2.05) is 0 Å². The highest BCUT2D eigenvalue weighted by Crippen LogP contribution is 2.24. The van der Waals surface area contributed by atoms with Crippen LogP contribution in [0.25, 0.3) is 0 Å². The Morgan fingerprint density at radius 3 is 3.05 bits per heavy atom. The minimum absolute atomic E-state index is 0.0729. The Hall–Kier alpha value is -1.10. The number of ether oxygens (including phenoxy) is 2. The van der Waals surface area contributed by atoms with Crippen LogP contribution in [0.15, 0.2) is 18.2 Å². The molecule has 1 fully saturated rings. The number of morpholine rings is 1. The highest BCUT2D eigenvalue weighted by molar-refractivity contribution is 6.30. The van der Waals surface area contributed by atoms with Gasteiger partial charge in [-0.3, -0.25) is 9.69 Å². The first-order valence-corrected chi connectivity index (χ1v) is 7.21. The minimum Gasteiger partial charge on any atom is -0.496 e. The van der Waals surface area contributed by atoms with Crippen molar-refractivity contribution < 1.29 is 14.3 Å². The van der Waals surface area contributed by atoms with Crippen LogP contribution in [0, 0.1) is 0 Å². The molecule has 4 nitrogen and oxygen atoms in total. The molecule has 0 saturated carbocycles. The van der Waals surface area contributed by atoms with Crippen molar-refractivity contribution >= 4 is 17.4 Å². The van der Waals surface area contributed by atoms with Crippen LogP contribution in [0.3, 0.4) is 0 Å². The van der Waals surface area contributed by atoms with Crippen molar-refractivity contribution in [3.05, 3.63) is 28.8 Å². The fraction of sp³-hybridized carbons (Fsp3) is 0.533. The lowest BCUT2D eigenvalue weighted by molar-refractivity contribution is -0.135. The lowest BCUT2D eigenvalue weighted by atomic mass is 10.0. The molecule has 1 atom stereocenters. The van der Waals surface area contributed by atoms with E-state index in [0.29, 0.717) is 23.9 Å². The van der Waals surface area contributed by atoms with Crippen molar-refractivity contribution in [1.82, 2.24) is 4.90 Å². The topological polar surface area (TPSA) is 38.8 Å². The van der Waals surface area contributed by atoms with Crippen LogP contribution in [-0.4, -0.2) is 50.1 Å². The summed E-state index contributed by atoms with van der Waals surface area (Å²) in [4.78, 5) is 14.6. The van der Waals surface area contributed by atoms with Gasteiger partial charge in [0, 0.05) is 30.1 Å². The van der Waals surface area contributed by atoms with E-state index in [-0.39, 0.29) is 18.3 Å². The summed E-state index contributed by atoms with van der Waals surface area (Å²) in [5, 5.41) is 0.605. The predicted molar refractivity (Wildman–Crippen MR) is 78.6 cm³/mol. The number of hydrogen-bond acceptors (Lipinski definition) is 4. The summed E-state index contributed by atoms with van der Waals surface area (Å²) in [6, 6.07) is 5.31. The number of likely N-dealkylation sites (N-methyl/N-ethyl adjacent to an activating group) is 1. The third kappa shape index (κ3) is 3.72. The summed E-state index contributed by atoms with van der Waals surface area (Å²) < 4.78 is 10.9. The van der Waals surface area contributed by atoms with Crippen LogP contribution in [0.5, 0.6) is 5.75 Å². The molecule has 1 unspecified atom stereocenters. The third-order valence-corrected chi connectivity index (χ3v) is 3.80. The Morgan fingerprint density at radius 1 is 1.55 bits per heavy atom. The molecule has 0 N–H and O–H groups in total. The highest BCUT2D eigenvalue weighted by Gasteiger charge is 2.26. The van der Waals surface area contributed by atoms with Crippen molar-refractivity contribution in [3.8, 4) is 5.75 Å². The molecule has 1 aliphatic heterocycles. The molecule has 0 spiro atoms. The molecular formula is C15H20ClNO3. The molecule has 0 aliphatic carbocycles. The predicted octanol–water partition coefficient (Wildman–Crippen LogP) is 2.18. The maximum Gasteiger partial charge on any atom is 0.167 e. The first-order valence-electron chi connectivity index (χ1n) is 6.83. The van der Waals surface area contributed by atoms with Crippen LogP contribution in [-0.2, 0) is 16.0 Å². The average molecular weight is 298 g/mol. The molecule has 1 aromatic rings. The second kappa shape index (κ2) is 7.07. The summed E-state index contributed by atoms with van der Waals surface area (Å²) in [6.07, 6.45) is -0.0706. The second-order valence-electron chi connectivity index (χ2n) is 4.85. The van der Waals surface area contributed by atoms with Crippen LogP contribution in [0.1, 0.15) is 12.5 Å². The number of halogens is 1. The number of nitrogens with zero attached hydrogens (tertiary/aromatic N) is 1. The lowest BCUT2D eigenvalue weighted by Gasteiger charge is -2.31. The zero-order valence-corrected chi connectivity index (χ0v) is 12.7. The smallest absolute Gasteiger partial charge is 0.167 e. The van der Waals surface area contributed by atoms with Crippen LogP contribution < -0.4 is 4.74 Å². The van der Waals surface area contributed by atoms with Crippen molar-refractivity contribution in [2.45, 2.75) is 19.4 Å². The first kappa shape index (κ1) is 15.3. The number of carbonyl (C=O) groups excluding carboxylic acids is 1. The second-order valence-corrected chi connectivity index (χ2v) is 5.29. The number of methoxy groups -OCH3 is 1. The van der Waals surface area contributed by atoms with Gasteiger partial charge in [-0.2, -0.15) is 0 Å². The molecule has 0 radical (unpaired) electrons. The van der Waals surface area contributed by atoms with Gasteiger partial charge in [-0.15, -0.1) is 0 Å². The van der Waals surface area contributed by atoms with Gasteiger partial charge >= 0.3 is 0 Å². The molecule has 1 saturated heterocycles. The normalized spacial score (nSPS) is 19.9. The molecule has 1 aromatic carbocycles. The number of benzene rings is 1. The average Bonchev–Trinajstić information content (AvgIpc) is 2.47. The SMILES string of the molecule is CCN1CCOC(C(=O)Cc2cc(Cl)ccc2OC)C1. The highest BCUT2D eigenvalue weighted by atomic mass is 35.5. The van der Waals surface area contributed by atoms with E-state index in [2.05, 4.69) is 11.8 Å². The Bertz CT molecular complexity index is 478. The van der Waals surface area contributed by atoms with Gasteiger partial charge in [0.25, 0.3) is 0 Å². The van der Waals surface area contributed by atoms with Gasteiger partial charge in [0.2, 0.25) is 0 Å². The first-order chi connectivity index (χ1) is 9.63. The number of rotatable bonds is 5. The van der Waals surface area contributed by atoms with E-state index in [1.54, 1.807) is 25.3 Å². The molecule has 1 aliphatic rings. The van der Waals surface area contributed by atoms with Gasteiger partial charge in [-0.05, 0) is 24.7 Å². The summed E-state index contributed by atoms with van der Waals surface area (Å²) in [5.74, 6) is 0.759. The number of hydrogen-bond donors (Lipinski definition) is 0. The number of ketones is 1. The van der Waals surface area contributed by atoms with Gasteiger partial charge < -0.3 is 9.47 Å². The zero-order valence-electron chi connectivity index (χ0n) is 11.9. The van der Waals surface area contributed by atoms with Crippen LogP contribution >= 0.6 is 11.6 Å². The van der Waals surface area contributed by atoms with E-state index in [9.17, 15) is 4.79 Å². The van der Waals surface area contributed by atoms with Gasteiger partial charge in [-0.25, -0.2) is 0 Å². The minimum atomic E-state index is -0.354. The van der Waals surface area contributed by atoms with Crippen molar-refractivity contribution in [1.29, 1.82) is 0 Å². The fourth-order valence-electron chi connectivity index (χ4n) is 2.37. The molecular weight excluding hydrogens is 278 g/mol. The van der Waals surface area contributed by atoms with E-state index in [0.717, 1.165) is 18.7 Å². The molecule has 2 rings (SSSR count). The van der Waals surface area contributed by atoms with Crippen LogP contribution in [0.4, 0.5) is 0 Å². The van der Waals surface area contributed by atoms with Gasteiger partial charge in [-0.1, -0.05) is 18.5 Å². The Kier molecular flexibility index (Phi) is 5.40. The van der Waals surface area contributed by atoms with E-state index < -0.39 is 0 Å². The summed E-state index contributed by atoms with van der Waals surface area (Å²) >= 11 is 5.98. The monoisotopic (exact) mass is 297 g/mol. The fourth-order valence-corrected chi connectivity index (χ4v) is 2.57. The molecule has 0 amide bonds. The van der Waals surface area contributed by atoms with Gasteiger partial charge in [0.1, 0.15) is 11.9 Å². The number of carbonyl (C=O) groups is 1. The Morgan fingerprint density at radius 2 is 2.35 bits per heavy atom. The molecule has 110 valence electrons. The quantitative estimate of drug-likeness (QED) is 0.835. The van der Waals surface area contributed by atoms with E-state index in [1.165, 1.54) is 0 Å². The summed E-state index contributed by atoms with van der Waals surface area (Å²) in [7, 11) is 1.59. The summed E-state index contributed by atoms with van der Waals surface area (Å²) in [5.41, 5.74) is 0.808. The van der Waals surface area contributed by atoms with Crippen molar-refractivity contribution in [2.24, 2.45) is 0 Å². The van der Waals surface area contributed by atoms with Crippen molar-refractivity contribution in [2.75, 3.05) is 33.4 Å². The summed E-state index contributed by atoms with van der Waals surface area (Å²) in [6.45, 7) is 5.19. The van der Waals surface area contributed by atoms with Gasteiger partial charge in [0.15, 0.2) is 5.78 Å². The third-order valence-electron chi connectivity index (χ3n) is 3.56. The molecule has 0 bridgehead atoms. The maximum absolute atomic E-state index is 12.4. The molecule has 0 aromatic heterocycles. The Balaban J connectivity index is 2.05. The van der Waals surface area contributed by atoms with Crippen LogP contribution in [0.2, 0.25) is 5.02 Å². The van der Waals surface area contributed by atoms with Gasteiger partial charge in [0.05, 0.1) is 13.7 Å². The lowest BCUT2D eigenvalue weighted by Crippen LogP contribution is -2.46. The Labute approximate surface area is 124 Å². The van der Waals surface area contributed by atoms with E-state index >= 15 is 0 Å².